The predicted molar refractivity (Wildman–Crippen MR) is 127 cm³/mol. The summed E-state index contributed by atoms with van der Waals surface area (Å²) < 4.78 is 31.6. The highest BCUT2D eigenvalue weighted by Crippen LogP contribution is 2.21. The van der Waals surface area contributed by atoms with E-state index in [1.165, 1.54) is 10.6 Å². The SMILES string of the molecule is Cc1ccc(CN(c2ccc(C(=O)NCCOCc3ccccc3)cc2)S(C)(=O)=O)cc1. The van der Waals surface area contributed by atoms with Gasteiger partial charge in [-0.1, -0.05) is 60.2 Å². The summed E-state index contributed by atoms with van der Waals surface area (Å²) >= 11 is 0. The fourth-order valence-corrected chi connectivity index (χ4v) is 4.03. The molecule has 0 unspecified atom stereocenters. The van der Waals surface area contributed by atoms with Crippen LogP contribution in [-0.4, -0.2) is 33.7 Å². The zero-order chi connectivity index (χ0) is 23.0. The average Bonchev–Trinajstić information content (AvgIpc) is 2.78. The zero-order valence-corrected chi connectivity index (χ0v) is 19.1. The van der Waals surface area contributed by atoms with Crippen molar-refractivity contribution in [2.24, 2.45) is 0 Å². The molecule has 0 saturated carbocycles. The van der Waals surface area contributed by atoms with E-state index in [1.807, 2.05) is 61.5 Å². The van der Waals surface area contributed by atoms with E-state index in [4.69, 9.17) is 4.74 Å². The van der Waals surface area contributed by atoms with Crippen molar-refractivity contribution < 1.29 is 17.9 Å². The van der Waals surface area contributed by atoms with Gasteiger partial charge in [0.1, 0.15) is 0 Å². The lowest BCUT2D eigenvalue weighted by atomic mass is 10.1. The lowest BCUT2D eigenvalue weighted by molar-refractivity contribution is 0.0901. The topological polar surface area (TPSA) is 75.7 Å². The first-order valence-corrected chi connectivity index (χ1v) is 12.2. The normalized spacial score (nSPS) is 11.2. The summed E-state index contributed by atoms with van der Waals surface area (Å²) in [6.07, 6.45) is 1.18. The van der Waals surface area contributed by atoms with E-state index in [9.17, 15) is 13.2 Å². The number of carbonyl (C=O) groups is 1. The number of aryl methyl sites for hydroxylation is 1. The highest BCUT2D eigenvalue weighted by molar-refractivity contribution is 7.92. The Hall–Kier alpha value is -3.16. The molecule has 0 saturated heterocycles. The molecule has 0 aromatic heterocycles. The van der Waals surface area contributed by atoms with Crippen LogP contribution in [0.5, 0.6) is 0 Å². The van der Waals surface area contributed by atoms with E-state index >= 15 is 0 Å². The van der Waals surface area contributed by atoms with Crippen molar-refractivity contribution in [2.45, 2.75) is 20.1 Å². The van der Waals surface area contributed by atoms with E-state index in [0.717, 1.165) is 16.7 Å². The second-order valence-corrected chi connectivity index (χ2v) is 9.50. The molecule has 1 amide bonds. The molecular weight excluding hydrogens is 424 g/mol. The van der Waals surface area contributed by atoms with Crippen LogP contribution in [0, 0.1) is 6.92 Å². The molecule has 0 aliphatic heterocycles. The first kappa shape index (κ1) is 23.5. The minimum absolute atomic E-state index is 0.226. The van der Waals surface area contributed by atoms with Gasteiger partial charge >= 0.3 is 0 Å². The standard InChI is InChI=1S/C25H28N2O4S/c1-20-8-10-21(11-9-20)18-27(32(2,29)30)24-14-12-23(13-15-24)25(28)26-16-17-31-19-22-6-4-3-5-7-22/h3-15H,16-19H2,1-2H3,(H,26,28). The fraction of sp³-hybridized carbons (Fsp3) is 0.240. The van der Waals surface area contributed by atoms with Gasteiger partial charge in [0.15, 0.2) is 0 Å². The Balaban J connectivity index is 1.55. The minimum atomic E-state index is -3.49. The molecule has 3 rings (SSSR count). The van der Waals surface area contributed by atoms with Gasteiger partial charge in [-0.15, -0.1) is 0 Å². The number of amides is 1. The van der Waals surface area contributed by atoms with Crippen LogP contribution in [0.25, 0.3) is 0 Å². The molecule has 0 fully saturated rings. The van der Waals surface area contributed by atoms with Crippen LogP contribution in [-0.2, 0) is 27.9 Å². The molecule has 0 atom stereocenters. The van der Waals surface area contributed by atoms with Crippen molar-refractivity contribution >= 4 is 21.6 Å². The minimum Gasteiger partial charge on any atom is -0.375 e. The van der Waals surface area contributed by atoms with Gasteiger partial charge in [-0.25, -0.2) is 8.42 Å². The first-order valence-electron chi connectivity index (χ1n) is 10.4. The number of nitrogens with zero attached hydrogens (tertiary/aromatic N) is 1. The van der Waals surface area contributed by atoms with Gasteiger partial charge < -0.3 is 10.1 Å². The molecule has 0 heterocycles. The summed E-state index contributed by atoms with van der Waals surface area (Å²) in [6, 6.07) is 24.1. The van der Waals surface area contributed by atoms with Crippen LogP contribution in [0.15, 0.2) is 78.9 Å². The zero-order valence-electron chi connectivity index (χ0n) is 18.3. The van der Waals surface area contributed by atoms with E-state index in [1.54, 1.807) is 24.3 Å². The molecule has 0 radical (unpaired) electrons. The van der Waals surface area contributed by atoms with Gasteiger partial charge in [-0.2, -0.15) is 0 Å². The first-order chi connectivity index (χ1) is 15.3. The molecule has 3 aromatic rings. The maximum Gasteiger partial charge on any atom is 0.251 e. The lowest BCUT2D eigenvalue weighted by Gasteiger charge is -2.23. The average molecular weight is 453 g/mol. The van der Waals surface area contributed by atoms with Gasteiger partial charge in [0.25, 0.3) is 5.91 Å². The molecule has 0 spiro atoms. The highest BCUT2D eigenvalue weighted by atomic mass is 32.2. The summed E-state index contributed by atoms with van der Waals surface area (Å²) in [7, 11) is -3.49. The Labute approximate surface area is 189 Å². The highest BCUT2D eigenvalue weighted by Gasteiger charge is 2.18. The third-order valence-corrected chi connectivity index (χ3v) is 6.05. The van der Waals surface area contributed by atoms with Crippen molar-refractivity contribution in [3.63, 3.8) is 0 Å². The van der Waals surface area contributed by atoms with Gasteiger partial charge in [0, 0.05) is 12.1 Å². The number of nitrogens with one attached hydrogen (secondary N) is 1. The second kappa shape index (κ2) is 10.9. The molecule has 1 N–H and O–H groups in total. The maximum absolute atomic E-state index is 12.4. The summed E-state index contributed by atoms with van der Waals surface area (Å²) in [5, 5.41) is 2.81. The Morgan fingerprint density at radius 3 is 2.19 bits per heavy atom. The van der Waals surface area contributed by atoms with Crippen molar-refractivity contribution in [1.82, 2.24) is 5.32 Å². The van der Waals surface area contributed by atoms with Crippen LogP contribution in [0.3, 0.4) is 0 Å². The number of sulfonamides is 1. The van der Waals surface area contributed by atoms with Crippen LogP contribution >= 0.6 is 0 Å². The Morgan fingerprint density at radius 2 is 1.56 bits per heavy atom. The quantitative estimate of drug-likeness (QED) is 0.473. The van der Waals surface area contributed by atoms with Gasteiger partial charge in [0.2, 0.25) is 10.0 Å². The Morgan fingerprint density at radius 1 is 0.906 bits per heavy atom. The lowest BCUT2D eigenvalue weighted by Crippen LogP contribution is -2.30. The molecule has 0 bridgehead atoms. The van der Waals surface area contributed by atoms with E-state index in [2.05, 4.69) is 5.32 Å². The maximum atomic E-state index is 12.4. The summed E-state index contributed by atoms with van der Waals surface area (Å²) in [6.45, 7) is 3.49. The molecule has 0 aliphatic rings. The number of hydrogen-bond acceptors (Lipinski definition) is 4. The van der Waals surface area contributed by atoms with Crippen LogP contribution < -0.4 is 9.62 Å². The summed E-state index contributed by atoms with van der Waals surface area (Å²) in [5.41, 5.74) is 4.05. The van der Waals surface area contributed by atoms with Crippen molar-refractivity contribution in [3.05, 3.63) is 101 Å². The number of benzene rings is 3. The largest absolute Gasteiger partial charge is 0.375 e. The number of hydrogen-bond donors (Lipinski definition) is 1. The monoisotopic (exact) mass is 452 g/mol. The fourth-order valence-electron chi connectivity index (χ4n) is 3.14. The van der Waals surface area contributed by atoms with Crippen molar-refractivity contribution in [3.8, 4) is 0 Å². The van der Waals surface area contributed by atoms with E-state index in [-0.39, 0.29) is 12.5 Å². The molecule has 3 aromatic carbocycles. The third-order valence-electron chi connectivity index (χ3n) is 4.91. The number of rotatable bonds is 10. The molecule has 32 heavy (non-hydrogen) atoms. The molecule has 7 heteroatoms. The Bertz CT molecular complexity index is 1110. The molecule has 6 nitrogen and oxygen atoms in total. The van der Waals surface area contributed by atoms with Gasteiger partial charge in [0.05, 0.1) is 31.7 Å². The van der Waals surface area contributed by atoms with Crippen molar-refractivity contribution in [2.75, 3.05) is 23.7 Å². The van der Waals surface area contributed by atoms with Crippen LogP contribution in [0.2, 0.25) is 0 Å². The van der Waals surface area contributed by atoms with Crippen LogP contribution in [0.1, 0.15) is 27.0 Å². The van der Waals surface area contributed by atoms with E-state index in [0.29, 0.717) is 31.0 Å². The van der Waals surface area contributed by atoms with Crippen LogP contribution in [0.4, 0.5) is 5.69 Å². The van der Waals surface area contributed by atoms with E-state index < -0.39 is 10.0 Å². The second-order valence-electron chi connectivity index (χ2n) is 7.60. The number of ether oxygens (including phenoxy) is 1. The Kier molecular flexibility index (Phi) is 8.03. The molecular formula is C25H28N2O4S. The summed E-state index contributed by atoms with van der Waals surface area (Å²) in [4.78, 5) is 12.4. The summed E-state index contributed by atoms with van der Waals surface area (Å²) in [5.74, 6) is -0.232. The molecule has 168 valence electrons. The number of carbonyl (C=O) groups excluding carboxylic acids is 1. The number of anilines is 1. The smallest absolute Gasteiger partial charge is 0.251 e. The van der Waals surface area contributed by atoms with Crippen molar-refractivity contribution in [1.29, 1.82) is 0 Å². The molecule has 0 aliphatic carbocycles. The third kappa shape index (κ3) is 6.93. The predicted octanol–water partition coefficient (Wildman–Crippen LogP) is 3.91. The van der Waals surface area contributed by atoms with Gasteiger partial charge in [-0.05, 0) is 42.3 Å². The van der Waals surface area contributed by atoms with Gasteiger partial charge in [-0.3, -0.25) is 9.10 Å².